The number of aromatic nitrogens is 2. The van der Waals surface area contributed by atoms with Gasteiger partial charge in [0.05, 0.1) is 11.9 Å². The van der Waals surface area contributed by atoms with E-state index in [1.165, 1.54) is 11.8 Å². The highest BCUT2D eigenvalue weighted by molar-refractivity contribution is 8.00. The highest BCUT2D eigenvalue weighted by Gasteiger charge is 2.33. The molecule has 104 valence electrons. The summed E-state index contributed by atoms with van der Waals surface area (Å²) in [5.74, 6) is -0.133. The first-order chi connectivity index (χ1) is 9.65. The van der Waals surface area contributed by atoms with E-state index in [0.29, 0.717) is 0 Å². The number of hydrogen-bond donors (Lipinski definition) is 0. The van der Waals surface area contributed by atoms with Gasteiger partial charge in [0.2, 0.25) is 0 Å². The zero-order valence-corrected chi connectivity index (χ0v) is 12.3. The number of imidazole rings is 1. The van der Waals surface area contributed by atoms with Crippen molar-refractivity contribution >= 4 is 17.7 Å². The van der Waals surface area contributed by atoms with E-state index >= 15 is 0 Å². The van der Waals surface area contributed by atoms with Crippen molar-refractivity contribution in [3.05, 3.63) is 36.5 Å². The molecule has 0 N–H and O–H groups in total. The summed E-state index contributed by atoms with van der Waals surface area (Å²) < 4.78 is 7.20. The monoisotopic (exact) mass is 288 g/mol. The van der Waals surface area contributed by atoms with Crippen molar-refractivity contribution < 1.29 is 9.53 Å². The molecule has 0 bridgehead atoms. The third-order valence-electron chi connectivity index (χ3n) is 3.39. The molecular formula is C15H16N2O2S. The fraction of sp³-hybridized carbons (Fsp3) is 0.333. The maximum absolute atomic E-state index is 11.7. The minimum Gasteiger partial charge on any atom is -0.462 e. The van der Waals surface area contributed by atoms with E-state index in [2.05, 4.69) is 17.1 Å². The van der Waals surface area contributed by atoms with Crippen LogP contribution < -0.4 is 0 Å². The van der Waals surface area contributed by atoms with Crippen LogP contribution in [0.3, 0.4) is 0 Å². The van der Waals surface area contributed by atoms with Gasteiger partial charge in [0.1, 0.15) is 11.4 Å². The molecule has 1 aromatic carbocycles. The molecule has 0 aliphatic carbocycles. The lowest BCUT2D eigenvalue weighted by Gasteiger charge is -2.07. The molecule has 1 saturated heterocycles. The molecular weight excluding hydrogens is 272 g/mol. The summed E-state index contributed by atoms with van der Waals surface area (Å²) in [4.78, 5) is 16.1. The highest BCUT2D eigenvalue weighted by atomic mass is 32.2. The number of cyclic esters (lactones) is 1. The Morgan fingerprint density at radius 2 is 2.10 bits per heavy atom. The summed E-state index contributed by atoms with van der Waals surface area (Å²) in [7, 11) is 1.97. The lowest BCUT2D eigenvalue weighted by Crippen LogP contribution is -2.10. The van der Waals surface area contributed by atoms with Crippen LogP contribution in [0.2, 0.25) is 0 Å². The Kier molecular flexibility index (Phi) is 3.53. The van der Waals surface area contributed by atoms with Gasteiger partial charge in [-0.2, -0.15) is 0 Å². The van der Waals surface area contributed by atoms with Crippen molar-refractivity contribution in [3.63, 3.8) is 0 Å². The zero-order valence-electron chi connectivity index (χ0n) is 11.4. The summed E-state index contributed by atoms with van der Waals surface area (Å²) in [5.41, 5.74) is 2.17. The zero-order chi connectivity index (χ0) is 14.1. The first-order valence-corrected chi connectivity index (χ1v) is 7.47. The topological polar surface area (TPSA) is 44.1 Å². The highest BCUT2D eigenvalue weighted by Crippen LogP contribution is 2.33. The van der Waals surface area contributed by atoms with E-state index in [0.717, 1.165) is 22.8 Å². The van der Waals surface area contributed by atoms with E-state index in [4.69, 9.17) is 4.74 Å². The Labute approximate surface area is 122 Å². The second-order valence-corrected chi connectivity index (χ2v) is 6.11. The molecule has 3 rings (SSSR count). The van der Waals surface area contributed by atoms with Gasteiger partial charge in [-0.3, -0.25) is 4.79 Å². The van der Waals surface area contributed by atoms with Crippen LogP contribution >= 0.6 is 11.8 Å². The molecule has 0 radical (unpaired) electrons. The summed E-state index contributed by atoms with van der Waals surface area (Å²) >= 11 is 1.48. The van der Waals surface area contributed by atoms with Crippen LogP contribution in [0.5, 0.6) is 0 Å². The Bertz CT molecular complexity index is 624. The summed E-state index contributed by atoms with van der Waals surface area (Å²) in [6, 6.07) is 10.1. The lowest BCUT2D eigenvalue weighted by atomic mass is 10.2. The van der Waals surface area contributed by atoms with Crippen LogP contribution in [0.25, 0.3) is 11.3 Å². The van der Waals surface area contributed by atoms with Gasteiger partial charge in [0.25, 0.3) is 0 Å². The normalized spacial score (nSPS) is 22.0. The first kappa shape index (κ1) is 13.2. The van der Waals surface area contributed by atoms with Crippen molar-refractivity contribution in [2.24, 2.45) is 7.05 Å². The molecule has 2 atom stereocenters. The van der Waals surface area contributed by atoms with Gasteiger partial charge < -0.3 is 9.30 Å². The van der Waals surface area contributed by atoms with Gasteiger partial charge in [-0.05, 0) is 12.5 Å². The number of esters is 1. The van der Waals surface area contributed by atoms with E-state index < -0.39 is 0 Å². The van der Waals surface area contributed by atoms with Crippen LogP contribution in [0.15, 0.2) is 41.7 Å². The molecule has 20 heavy (non-hydrogen) atoms. The second kappa shape index (κ2) is 5.32. The number of carbonyl (C=O) groups excluding carboxylic acids is 1. The molecule has 0 saturated carbocycles. The summed E-state index contributed by atoms with van der Waals surface area (Å²) in [6.45, 7) is 1.92. The number of thioether (sulfide) groups is 1. The molecule has 1 aliphatic heterocycles. The Morgan fingerprint density at radius 3 is 2.75 bits per heavy atom. The quantitative estimate of drug-likeness (QED) is 0.815. The van der Waals surface area contributed by atoms with E-state index in [9.17, 15) is 4.79 Å². The number of benzene rings is 1. The Morgan fingerprint density at radius 1 is 1.35 bits per heavy atom. The maximum atomic E-state index is 11.7. The number of hydrogen-bond acceptors (Lipinski definition) is 4. The van der Waals surface area contributed by atoms with Gasteiger partial charge >= 0.3 is 5.97 Å². The molecule has 0 unspecified atom stereocenters. The molecule has 1 aromatic heterocycles. The molecule has 2 aromatic rings. The minimum atomic E-state index is -0.144. The number of nitrogens with zero attached hydrogens (tertiary/aromatic N) is 2. The van der Waals surface area contributed by atoms with Crippen LogP contribution in [-0.2, 0) is 16.6 Å². The summed E-state index contributed by atoms with van der Waals surface area (Å²) in [6.07, 6.45) is 2.60. The smallest absolute Gasteiger partial charge is 0.319 e. The molecule has 0 amide bonds. The number of rotatable bonds is 3. The van der Waals surface area contributed by atoms with E-state index in [-0.39, 0.29) is 17.3 Å². The van der Waals surface area contributed by atoms with Crippen molar-refractivity contribution in [2.75, 3.05) is 0 Å². The fourth-order valence-electron chi connectivity index (χ4n) is 2.32. The minimum absolute atomic E-state index is 0.00821. The predicted octanol–water partition coefficient (Wildman–Crippen LogP) is 2.88. The third kappa shape index (κ3) is 2.45. The largest absolute Gasteiger partial charge is 0.462 e. The number of carbonyl (C=O) groups is 1. The Balaban J connectivity index is 1.83. The molecule has 2 heterocycles. The van der Waals surface area contributed by atoms with Gasteiger partial charge in [-0.25, -0.2) is 4.98 Å². The lowest BCUT2D eigenvalue weighted by molar-refractivity contribution is -0.140. The van der Waals surface area contributed by atoms with Gasteiger partial charge in [0.15, 0.2) is 5.16 Å². The van der Waals surface area contributed by atoms with Crippen LogP contribution in [0, 0.1) is 0 Å². The van der Waals surface area contributed by atoms with Crippen molar-refractivity contribution in [1.82, 2.24) is 9.55 Å². The Hall–Kier alpha value is -1.75. The van der Waals surface area contributed by atoms with Gasteiger partial charge in [0, 0.05) is 13.5 Å². The molecule has 0 spiro atoms. The van der Waals surface area contributed by atoms with Gasteiger partial charge in [-0.1, -0.05) is 42.1 Å². The fourth-order valence-corrected chi connectivity index (χ4v) is 3.47. The molecule has 1 fully saturated rings. The average Bonchev–Trinajstić information content (AvgIpc) is 2.95. The van der Waals surface area contributed by atoms with Crippen LogP contribution in [-0.4, -0.2) is 26.9 Å². The summed E-state index contributed by atoms with van der Waals surface area (Å²) in [5, 5.41) is 0.703. The van der Waals surface area contributed by atoms with Crippen LogP contribution in [0.4, 0.5) is 0 Å². The third-order valence-corrected chi connectivity index (χ3v) is 4.65. The molecule has 5 heteroatoms. The average molecular weight is 288 g/mol. The van der Waals surface area contributed by atoms with Crippen molar-refractivity contribution in [2.45, 2.75) is 29.9 Å². The van der Waals surface area contributed by atoms with Crippen molar-refractivity contribution in [1.29, 1.82) is 0 Å². The standard InChI is InChI=1S/C15H16N2O2S/c1-10-8-13(14(18)19-10)20-15-16-9-12(17(15)2)11-6-4-3-5-7-11/h3-7,9-10,13H,8H2,1-2H3/t10-,13-/m0/s1. The van der Waals surface area contributed by atoms with E-state index in [1.54, 1.807) is 0 Å². The maximum Gasteiger partial charge on any atom is 0.319 e. The second-order valence-electron chi connectivity index (χ2n) is 4.94. The first-order valence-electron chi connectivity index (χ1n) is 6.59. The molecule has 4 nitrogen and oxygen atoms in total. The van der Waals surface area contributed by atoms with Gasteiger partial charge in [-0.15, -0.1) is 0 Å². The van der Waals surface area contributed by atoms with E-state index in [1.807, 2.05) is 42.9 Å². The molecule has 1 aliphatic rings. The SMILES string of the molecule is C[C@H]1C[C@H](Sc2ncc(-c3ccccc3)n2C)C(=O)O1. The predicted molar refractivity (Wildman–Crippen MR) is 78.5 cm³/mol. The van der Waals surface area contributed by atoms with Crippen LogP contribution in [0.1, 0.15) is 13.3 Å². The van der Waals surface area contributed by atoms with Crippen molar-refractivity contribution in [3.8, 4) is 11.3 Å². The number of ether oxygens (including phenoxy) is 1.